The van der Waals surface area contributed by atoms with E-state index in [2.05, 4.69) is 41.5 Å². The second-order valence-electron chi connectivity index (χ2n) is 7.84. The number of likely N-dealkylation sites (N-methyl/N-ethyl adjacent to an activating group) is 1. The number of nitrogens with zero attached hydrogens (tertiary/aromatic N) is 2. The van der Waals surface area contributed by atoms with Gasteiger partial charge in [0.25, 0.3) is 0 Å². The average Bonchev–Trinajstić information content (AvgIpc) is 2.77. The molecule has 2 bridgehead atoms. The van der Waals surface area contributed by atoms with Crippen molar-refractivity contribution in [3.63, 3.8) is 0 Å². The van der Waals surface area contributed by atoms with Gasteiger partial charge < -0.3 is 4.48 Å². The Kier molecular flexibility index (Phi) is 4.35. The summed E-state index contributed by atoms with van der Waals surface area (Å²) in [5, 5.41) is 0. The Hall–Kier alpha value is -0.370. The van der Waals surface area contributed by atoms with Gasteiger partial charge in [-0.2, -0.15) is 0 Å². The summed E-state index contributed by atoms with van der Waals surface area (Å²) >= 11 is 0. The summed E-state index contributed by atoms with van der Waals surface area (Å²) in [4.78, 5) is 5.10. The van der Waals surface area contributed by atoms with Gasteiger partial charge >= 0.3 is 0 Å². The van der Waals surface area contributed by atoms with Crippen LogP contribution in [0.2, 0.25) is 0 Å². The molecule has 2 fully saturated rings. The summed E-state index contributed by atoms with van der Waals surface area (Å²) < 4.78 is 1.22. The SMILES string of the molecule is CC[N+](CC)(CC)CCN=C1C[C@H]2CC[C@]1(C)C2(C)C. The summed E-state index contributed by atoms with van der Waals surface area (Å²) in [7, 11) is 0. The Morgan fingerprint density at radius 3 is 2.10 bits per heavy atom. The van der Waals surface area contributed by atoms with Gasteiger partial charge in [0.2, 0.25) is 0 Å². The second-order valence-corrected chi connectivity index (χ2v) is 7.84. The first-order valence-corrected chi connectivity index (χ1v) is 8.74. The maximum absolute atomic E-state index is 5.10. The minimum atomic E-state index is 0.387. The predicted octanol–water partition coefficient (Wildman–Crippen LogP) is 4.15. The van der Waals surface area contributed by atoms with Gasteiger partial charge in [0.1, 0.15) is 0 Å². The molecule has 0 saturated heterocycles. The number of fused-ring (bicyclic) bond motifs is 2. The topological polar surface area (TPSA) is 12.4 Å². The third kappa shape index (κ3) is 2.24. The van der Waals surface area contributed by atoms with Crippen LogP contribution in [0.15, 0.2) is 4.99 Å². The molecule has 2 rings (SSSR count). The number of rotatable bonds is 6. The summed E-state index contributed by atoms with van der Waals surface area (Å²) in [6.45, 7) is 20.3. The normalized spacial score (nSPS) is 34.1. The molecule has 0 aromatic heterocycles. The molecule has 2 atom stereocenters. The van der Waals surface area contributed by atoms with E-state index in [0.717, 1.165) is 12.5 Å². The molecule has 2 heteroatoms. The van der Waals surface area contributed by atoms with Crippen LogP contribution in [-0.2, 0) is 0 Å². The lowest BCUT2D eigenvalue weighted by atomic mass is 9.70. The molecule has 116 valence electrons. The second kappa shape index (κ2) is 5.44. The molecule has 0 aromatic carbocycles. The highest BCUT2D eigenvalue weighted by molar-refractivity contribution is 5.94. The zero-order valence-electron chi connectivity index (χ0n) is 14.6. The van der Waals surface area contributed by atoms with Gasteiger partial charge in [-0.15, -0.1) is 0 Å². The molecule has 2 aliphatic rings. The predicted molar refractivity (Wildman–Crippen MR) is 88.3 cm³/mol. The third-order valence-electron chi connectivity index (χ3n) is 7.40. The number of quaternary nitrogens is 1. The van der Waals surface area contributed by atoms with Crippen LogP contribution >= 0.6 is 0 Å². The summed E-state index contributed by atoms with van der Waals surface area (Å²) in [5.74, 6) is 0.883. The van der Waals surface area contributed by atoms with Crippen molar-refractivity contribution in [2.45, 2.75) is 60.8 Å². The van der Waals surface area contributed by atoms with Crippen molar-refractivity contribution in [2.24, 2.45) is 21.7 Å². The van der Waals surface area contributed by atoms with Crippen molar-refractivity contribution in [3.8, 4) is 0 Å². The van der Waals surface area contributed by atoms with Crippen LogP contribution in [0.4, 0.5) is 0 Å². The van der Waals surface area contributed by atoms with E-state index < -0.39 is 0 Å². The van der Waals surface area contributed by atoms with Gasteiger partial charge in [-0.1, -0.05) is 20.8 Å². The highest BCUT2D eigenvalue weighted by Crippen LogP contribution is 2.63. The first kappa shape index (κ1) is 16.0. The Labute approximate surface area is 126 Å². The summed E-state index contributed by atoms with van der Waals surface area (Å²) in [6, 6.07) is 0. The van der Waals surface area contributed by atoms with E-state index in [1.54, 1.807) is 5.71 Å². The van der Waals surface area contributed by atoms with Crippen molar-refractivity contribution < 1.29 is 4.48 Å². The van der Waals surface area contributed by atoms with E-state index in [9.17, 15) is 0 Å². The van der Waals surface area contributed by atoms with E-state index in [-0.39, 0.29) is 0 Å². The molecule has 0 aliphatic heterocycles. The lowest BCUT2D eigenvalue weighted by molar-refractivity contribution is -0.921. The molecular formula is C18H35N2+. The van der Waals surface area contributed by atoms with Crippen LogP contribution in [0.5, 0.6) is 0 Å². The van der Waals surface area contributed by atoms with Gasteiger partial charge in [-0.25, -0.2) is 0 Å². The Bertz CT molecular complexity index is 371. The quantitative estimate of drug-likeness (QED) is 0.648. The maximum atomic E-state index is 5.10. The van der Waals surface area contributed by atoms with Gasteiger partial charge in [0, 0.05) is 11.1 Å². The van der Waals surface area contributed by atoms with Crippen LogP contribution in [0, 0.1) is 16.7 Å². The van der Waals surface area contributed by atoms with Gasteiger partial charge in [0.05, 0.1) is 32.7 Å². The van der Waals surface area contributed by atoms with E-state index >= 15 is 0 Å². The highest BCUT2D eigenvalue weighted by atomic mass is 15.3. The van der Waals surface area contributed by atoms with Gasteiger partial charge in [-0.3, -0.25) is 4.99 Å². The minimum Gasteiger partial charge on any atom is -0.323 e. The Morgan fingerprint density at radius 1 is 1.10 bits per heavy atom. The summed E-state index contributed by atoms with van der Waals surface area (Å²) in [6.07, 6.45) is 4.05. The molecule has 2 nitrogen and oxygen atoms in total. The van der Waals surface area contributed by atoms with Crippen LogP contribution < -0.4 is 0 Å². The molecule has 0 heterocycles. The molecule has 20 heavy (non-hydrogen) atoms. The van der Waals surface area contributed by atoms with Crippen LogP contribution in [0.3, 0.4) is 0 Å². The first-order chi connectivity index (χ1) is 9.35. The zero-order valence-corrected chi connectivity index (χ0v) is 14.6. The molecule has 0 radical (unpaired) electrons. The third-order valence-corrected chi connectivity index (χ3v) is 7.40. The standard InChI is InChI=1S/C18H35N2/c1-7-20(8-2,9-3)13-12-19-16-14-15-10-11-18(16,6)17(15,4)5/h15H,7-14H2,1-6H3/q+1/t15-,18+/m1/s1. The fourth-order valence-electron chi connectivity index (χ4n) is 4.71. The summed E-state index contributed by atoms with van der Waals surface area (Å²) in [5.41, 5.74) is 2.40. The number of aliphatic imine (C=N–C) groups is 1. The van der Waals surface area contributed by atoms with E-state index in [4.69, 9.17) is 4.99 Å². The number of hydrogen-bond donors (Lipinski definition) is 0. The molecule has 0 spiro atoms. The minimum absolute atomic E-state index is 0.387. The van der Waals surface area contributed by atoms with E-state index in [1.165, 1.54) is 49.9 Å². The van der Waals surface area contributed by atoms with Gasteiger partial charge in [0.15, 0.2) is 0 Å². The van der Waals surface area contributed by atoms with Crippen molar-refractivity contribution in [1.29, 1.82) is 0 Å². The molecule has 2 saturated carbocycles. The Balaban J connectivity index is 2.04. The highest BCUT2D eigenvalue weighted by Gasteiger charge is 2.59. The zero-order chi connectivity index (χ0) is 15.0. The molecule has 0 unspecified atom stereocenters. The molecule has 0 amide bonds. The van der Waals surface area contributed by atoms with Crippen molar-refractivity contribution >= 4 is 5.71 Å². The smallest absolute Gasteiger partial charge is 0.0985 e. The fourth-order valence-corrected chi connectivity index (χ4v) is 4.71. The van der Waals surface area contributed by atoms with Gasteiger partial charge in [-0.05, 0) is 51.4 Å². The number of hydrogen-bond acceptors (Lipinski definition) is 1. The van der Waals surface area contributed by atoms with Crippen LogP contribution in [-0.4, -0.2) is 42.9 Å². The first-order valence-electron chi connectivity index (χ1n) is 8.74. The lowest BCUT2D eigenvalue weighted by Gasteiger charge is -2.36. The van der Waals surface area contributed by atoms with Crippen molar-refractivity contribution in [1.82, 2.24) is 0 Å². The molecule has 0 aromatic rings. The molecular weight excluding hydrogens is 244 g/mol. The maximum Gasteiger partial charge on any atom is 0.0985 e. The molecule has 2 aliphatic carbocycles. The molecule has 0 N–H and O–H groups in total. The van der Waals surface area contributed by atoms with Crippen LogP contribution in [0.25, 0.3) is 0 Å². The largest absolute Gasteiger partial charge is 0.323 e. The fraction of sp³-hybridized carbons (Fsp3) is 0.944. The Morgan fingerprint density at radius 2 is 1.70 bits per heavy atom. The van der Waals surface area contributed by atoms with E-state index in [1.807, 2.05) is 0 Å². The van der Waals surface area contributed by atoms with Crippen LogP contribution in [0.1, 0.15) is 60.8 Å². The lowest BCUT2D eigenvalue weighted by Crippen LogP contribution is -2.49. The average molecular weight is 279 g/mol. The van der Waals surface area contributed by atoms with E-state index in [0.29, 0.717) is 10.8 Å². The monoisotopic (exact) mass is 279 g/mol. The van der Waals surface area contributed by atoms with Crippen molar-refractivity contribution in [2.75, 3.05) is 32.7 Å². The van der Waals surface area contributed by atoms with Crippen molar-refractivity contribution in [3.05, 3.63) is 0 Å².